The van der Waals surface area contributed by atoms with Crippen molar-refractivity contribution in [3.05, 3.63) is 172 Å². The monoisotopic (exact) mass is 1680 g/mol. The molecule has 0 saturated carbocycles. The Hall–Kier alpha value is -10.6. The number of pyridine rings is 5. The number of amides is 6. The van der Waals surface area contributed by atoms with Gasteiger partial charge in [-0.2, -0.15) is 49.5 Å². The van der Waals surface area contributed by atoms with Crippen LogP contribution in [0.25, 0.3) is 33.8 Å². The number of aromatic nitrogens is 7. The maximum Gasteiger partial charge on any atom is 0.416 e. The molecule has 3 aromatic carbocycles. The van der Waals surface area contributed by atoms with Gasteiger partial charge in [0.25, 0.3) is 0 Å². The predicted octanol–water partition coefficient (Wildman–Crippen LogP) is 12.4. The van der Waals surface area contributed by atoms with E-state index in [1.54, 1.807) is 36.4 Å². The van der Waals surface area contributed by atoms with Crippen LogP contribution < -0.4 is 59.6 Å². The Morgan fingerprint density at radius 3 is 1.22 bits per heavy atom. The molecule has 0 spiro atoms. The molecule has 28 nitrogen and oxygen atoms in total. The Morgan fingerprint density at radius 2 is 0.817 bits per heavy atom. The summed E-state index contributed by atoms with van der Waals surface area (Å²) in [7, 11) is 0. The number of hydrogen-bond donors (Lipinski definition) is 9. The number of halogens is 13. The van der Waals surface area contributed by atoms with Crippen LogP contribution in [0.5, 0.6) is 17.6 Å². The van der Waals surface area contributed by atoms with Crippen LogP contribution >= 0.6 is 47.2 Å². The van der Waals surface area contributed by atoms with Gasteiger partial charge in [0.15, 0.2) is 23.3 Å². The van der Waals surface area contributed by atoms with Gasteiger partial charge in [0, 0.05) is 80.0 Å². The first-order valence-corrected chi connectivity index (χ1v) is 36.3. The second-order valence-corrected chi connectivity index (χ2v) is 27.9. The largest absolute Gasteiger partial charge is 0.475 e. The molecular formula is C74H69Cl4F9N16O12. The van der Waals surface area contributed by atoms with E-state index in [9.17, 15) is 69.2 Å². The minimum absolute atomic E-state index is 0. The van der Waals surface area contributed by atoms with E-state index in [1.807, 2.05) is 14.7 Å². The van der Waals surface area contributed by atoms with Gasteiger partial charge in [0.2, 0.25) is 17.6 Å². The molecule has 3 saturated heterocycles. The molecule has 6 aliphatic rings. The highest BCUT2D eigenvalue weighted by atomic mass is 35.5. The van der Waals surface area contributed by atoms with E-state index in [0.717, 1.165) is 36.4 Å². The molecule has 608 valence electrons. The van der Waals surface area contributed by atoms with Crippen LogP contribution in [-0.4, -0.2) is 199 Å². The highest BCUT2D eigenvalue weighted by Crippen LogP contribution is 2.48. The predicted molar refractivity (Wildman–Crippen MR) is 409 cm³/mol. The average molecular weight is 1690 g/mol. The van der Waals surface area contributed by atoms with Crippen LogP contribution in [0.1, 0.15) is 36.0 Å². The van der Waals surface area contributed by atoms with E-state index in [0.29, 0.717) is 87.1 Å². The Labute approximate surface area is 669 Å². The lowest BCUT2D eigenvalue weighted by Gasteiger charge is -2.36. The first-order chi connectivity index (χ1) is 54.4. The zero-order valence-corrected chi connectivity index (χ0v) is 62.8. The smallest absolute Gasteiger partial charge is 0.416 e. The second kappa shape index (κ2) is 35.2. The van der Waals surface area contributed by atoms with Crippen LogP contribution in [0.3, 0.4) is 0 Å². The molecule has 12 heterocycles. The Bertz CT molecular complexity index is 4570. The van der Waals surface area contributed by atoms with Gasteiger partial charge in [0.05, 0.1) is 116 Å². The molecule has 0 unspecified atom stereocenters. The van der Waals surface area contributed by atoms with Crippen molar-refractivity contribution in [2.24, 2.45) is 0 Å². The lowest BCUT2D eigenvalue weighted by molar-refractivity contribution is -0.138. The van der Waals surface area contributed by atoms with Gasteiger partial charge in [-0.15, -0.1) is 12.4 Å². The molecule has 115 heavy (non-hydrogen) atoms. The first-order valence-electron chi connectivity index (χ1n) is 35.1. The zero-order valence-electron chi connectivity index (χ0n) is 59.7. The van der Waals surface area contributed by atoms with Gasteiger partial charge in [0.1, 0.15) is 44.0 Å². The van der Waals surface area contributed by atoms with Crippen molar-refractivity contribution < 1.29 is 98.7 Å². The minimum atomic E-state index is -4.54. The molecule has 0 aliphatic carbocycles. The van der Waals surface area contributed by atoms with Crippen molar-refractivity contribution >= 4 is 117 Å². The molecule has 41 heteroatoms. The van der Waals surface area contributed by atoms with E-state index >= 15 is 0 Å². The number of carbonyl (C=O) groups is 3. The third-order valence-electron chi connectivity index (χ3n) is 18.8. The third-order valence-corrected chi connectivity index (χ3v) is 19.7. The van der Waals surface area contributed by atoms with Gasteiger partial charge in [-0.3, -0.25) is 30.3 Å². The highest BCUT2D eigenvalue weighted by Gasteiger charge is 2.45. The van der Waals surface area contributed by atoms with Crippen LogP contribution in [0.4, 0.5) is 106 Å². The molecule has 9 N–H and O–H groups in total. The Balaban J connectivity index is 0.000000159. The van der Waals surface area contributed by atoms with Gasteiger partial charge < -0.3 is 64.9 Å². The number of fused-ring (bicyclic) bond motifs is 12. The number of urea groups is 3. The molecule has 6 amide bonds. The Morgan fingerprint density at radius 1 is 0.452 bits per heavy atom. The van der Waals surface area contributed by atoms with Gasteiger partial charge in [-0.05, 0) is 86.0 Å². The van der Waals surface area contributed by atoms with Crippen LogP contribution in [0, 0.1) is 0 Å². The number of aliphatic hydroxyl groups is 6. The lowest BCUT2D eigenvalue weighted by atomic mass is 10.1. The molecule has 6 aliphatic heterocycles. The summed E-state index contributed by atoms with van der Waals surface area (Å²) in [6.07, 6.45) is -10.9. The number of aliphatic hydroxyl groups excluding tert-OH is 6. The summed E-state index contributed by atoms with van der Waals surface area (Å²) in [5.41, 5.74) is 0.612. The van der Waals surface area contributed by atoms with Crippen molar-refractivity contribution in [1.29, 1.82) is 0 Å². The number of alkyl halides is 9. The number of rotatable bonds is 18. The molecule has 9 aromatic rings. The van der Waals surface area contributed by atoms with Crippen molar-refractivity contribution in [3.63, 3.8) is 0 Å². The van der Waals surface area contributed by atoms with E-state index in [4.69, 9.17) is 64.3 Å². The van der Waals surface area contributed by atoms with E-state index in [-0.39, 0.29) is 140 Å². The summed E-state index contributed by atoms with van der Waals surface area (Å²) in [5, 5.41) is 63.9. The van der Waals surface area contributed by atoms with Crippen LogP contribution in [0.2, 0.25) is 15.1 Å². The molecule has 15 rings (SSSR count). The van der Waals surface area contributed by atoms with Crippen LogP contribution in [-0.2, 0) is 18.5 Å². The summed E-state index contributed by atoms with van der Waals surface area (Å²) in [6.45, 7) is 1.63. The van der Waals surface area contributed by atoms with E-state index < -0.39 is 91.4 Å². The maximum absolute atomic E-state index is 13.5. The topological polar surface area (TPSA) is 346 Å². The van der Waals surface area contributed by atoms with Crippen molar-refractivity contribution in [2.45, 2.75) is 74.2 Å². The number of carbonyl (C=O) groups excluding carboxylic acids is 3. The minimum Gasteiger partial charge on any atom is -0.475 e. The van der Waals surface area contributed by atoms with Gasteiger partial charge >= 0.3 is 36.6 Å². The fraction of sp³-hybridized carbons (Fsp3) is 0.324. The van der Waals surface area contributed by atoms with E-state index in [2.05, 4.69) is 50.8 Å². The number of nitrogens with one attached hydrogen (secondary N) is 3. The number of anilines is 9. The molecule has 6 bridgehead atoms. The fourth-order valence-electron chi connectivity index (χ4n) is 13.4. The standard InChI is InChI=1S/2C25H23ClF3N5O4.C24H22ClF3N6O4.ClH/c26-18-10-19-23(32-22(18)14-3-1-4-15(9-14)25(27,28)29)34(16-7-8-33(19)11-16)24(37)31-20-5-2-6-21(30-20)38-13-17(36)12-35;26-19-10-20-23(32-22(19)14-2-1-3-15(8-14)25(27,28)29)34(17-5-7-33(20)11-17)24(37)31-16-4-6-30-21(9-16)38-13-18(36)12-35;25-17-7-18-22(32-21(17)13-2-1-3-14(6-13)24(26,27)28)34(15-4-5-33(18)10-15)23(37)31-19-8-29-9-20(30-19)38-12-16(36)11-35;/h1-6,9-10,16-17,35-36H,7-8,11-13H2,(H,30,31,37);1-4,6,8-10,17-18,35-36H,5,7,11-13H2,(H,30,31,37);1-3,6-9,15-16,35-36H,4-5,10-12H2,(H,30,31,37);1H/t16-,17-;17-,18-;15-,16+;/m000./s1. The molecule has 3 fully saturated rings. The third kappa shape index (κ3) is 19.2. The number of ether oxygens (including phenoxy) is 3. The molecular weight excluding hydrogens is 1620 g/mol. The fourth-order valence-corrected chi connectivity index (χ4v) is 14.2. The normalized spacial score (nSPS) is 17.1. The van der Waals surface area contributed by atoms with Gasteiger partial charge in [-0.25, -0.2) is 34.3 Å². The number of hydrogen-bond acceptors (Lipinski definition) is 22. The van der Waals surface area contributed by atoms with Crippen LogP contribution in [0.15, 0.2) is 140 Å². The number of nitrogens with zero attached hydrogens (tertiary/aromatic N) is 13. The summed E-state index contributed by atoms with van der Waals surface area (Å²) >= 11 is 19.5. The summed E-state index contributed by atoms with van der Waals surface area (Å²) in [5.74, 6) is 1.39. The maximum atomic E-state index is 13.5. The number of benzene rings is 3. The Kier molecular flexibility index (Phi) is 25.7. The highest BCUT2D eigenvalue weighted by molar-refractivity contribution is 6.34. The summed E-state index contributed by atoms with van der Waals surface area (Å²) in [6, 6.07) is 24.5. The first kappa shape index (κ1) is 83.8. The molecule has 6 atom stereocenters. The quantitative estimate of drug-likeness (QED) is 0.0360. The lowest BCUT2D eigenvalue weighted by Crippen LogP contribution is -2.48. The summed E-state index contributed by atoms with van der Waals surface area (Å²) < 4.78 is 136. The summed E-state index contributed by atoms with van der Waals surface area (Å²) in [4.78, 5) is 81.1. The molecule has 0 radical (unpaired) electrons. The van der Waals surface area contributed by atoms with E-state index in [1.165, 1.54) is 81.8 Å². The average Bonchev–Trinajstić information content (AvgIpc) is 1.68. The SMILES string of the molecule is Cl.O=C(Nc1cccc(OC[C@@H](O)CO)n1)N1c2nc(-c3cccc(C(F)(F)F)c3)c(Cl)cc2N2CC[C@H]1C2.O=C(Nc1ccnc(OC[C@@H](O)CO)c1)N1c2nc(-c3cccc(C(F)(F)F)c3)c(Cl)cc2N2CC[C@H]1C2.O=C(Nc1cncc(OC[C@H](O)CO)n1)N1c2nc(-c3cccc(C(F)(F)F)c3)c(Cl)cc2N2CC[C@H]1C2. The van der Waals surface area contributed by atoms with Crippen molar-refractivity contribution in [2.75, 3.05) is 124 Å². The zero-order chi connectivity index (χ0) is 81.1. The van der Waals surface area contributed by atoms with Crippen molar-refractivity contribution in [1.82, 2.24) is 34.9 Å². The van der Waals surface area contributed by atoms with Gasteiger partial charge in [-0.1, -0.05) is 77.3 Å². The second-order valence-electron chi connectivity index (χ2n) is 26.7. The van der Waals surface area contributed by atoms with Crippen molar-refractivity contribution in [3.8, 4) is 51.4 Å². The molecule has 6 aromatic heterocycles.